The number of nitrogens with one attached hydrogen (secondary N) is 1. The van der Waals surface area contributed by atoms with Crippen LogP contribution in [0.15, 0.2) is 23.1 Å². The van der Waals surface area contributed by atoms with Crippen molar-refractivity contribution in [1.82, 2.24) is 4.72 Å². The lowest BCUT2D eigenvalue weighted by Crippen LogP contribution is -2.26. The third kappa shape index (κ3) is 2.70. The summed E-state index contributed by atoms with van der Waals surface area (Å²) in [5.41, 5.74) is 0.354. The molecule has 0 amide bonds. The van der Waals surface area contributed by atoms with Crippen molar-refractivity contribution < 1.29 is 17.9 Å². The first kappa shape index (κ1) is 13.0. The van der Waals surface area contributed by atoms with Crippen LogP contribution in [0.5, 0.6) is 5.75 Å². The highest BCUT2D eigenvalue weighted by atomic mass is 32.2. The Morgan fingerprint density at radius 1 is 1.39 bits per heavy atom. The zero-order valence-corrected chi connectivity index (χ0v) is 11.1. The van der Waals surface area contributed by atoms with Gasteiger partial charge in [-0.25, -0.2) is 13.1 Å². The lowest BCUT2D eigenvalue weighted by Gasteiger charge is -2.11. The van der Waals surface area contributed by atoms with Crippen molar-refractivity contribution >= 4 is 15.8 Å². The minimum atomic E-state index is -3.62. The molecule has 1 aliphatic rings. The Balaban J connectivity index is 2.45. The SMILES string of the molecule is COc1ccc(C(C)=O)cc1S(=O)(=O)NC1CC1. The molecule has 1 fully saturated rings. The predicted octanol–water partition coefficient (Wildman–Crippen LogP) is 1.34. The summed E-state index contributed by atoms with van der Waals surface area (Å²) in [4.78, 5) is 11.3. The molecule has 0 spiro atoms. The van der Waals surface area contributed by atoms with Gasteiger partial charge in [-0.05, 0) is 38.0 Å². The summed E-state index contributed by atoms with van der Waals surface area (Å²) in [7, 11) is -2.22. The van der Waals surface area contributed by atoms with E-state index >= 15 is 0 Å². The van der Waals surface area contributed by atoms with Gasteiger partial charge in [0.05, 0.1) is 7.11 Å². The number of carbonyl (C=O) groups is 1. The first-order valence-corrected chi connectivity index (χ1v) is 7.13. The van der Waals surface area contributed by atoms with E-state index in [0.717, 1.165) is 12.8 Å². The molecule has 1 aromatic carbocycles. The third-order valence-electron chi connectivity index (χ3n) is 2.76. The number of hydrogen-bond donors (Lipinski definition) is 1. The van der Waals surface area contributed by atoms with Gasteiger partial charge in [-0.2, -0.15) is 0 Å². The maximum absolute atomic E-state index is 12.1. The molecule has 0 aromatic heterocycles. The van der Waals surface area contributed by atoms with E-state index in [2.05, 4.69) is 4.72 Å². The first-order valence-electron chi connectivity index (χ1n) is 5.65. The van der Waals surface area contributed by atoms with Gasteiger partial charge in [0.1, 0.15) is 10.6 Å². The van der Waals surface area contributed by atoms with Gasteiger partial charge in [0.25, 0.3) is 0 Å². The van der Waals surface area contributed by atoms with Gasteiger partial charge in [0, 0.05) is 11.6 Å². The molecule has 0 saturated heterocycles. The second-order valence-corrected chi connectivity index (χ2v) is 6.00. The number of Topliss-reactive ketones (excluding diaryl/α,β-unsaturated/α-hetero) is 1. The molecule has 1 aromatic rings. The summed E-state index contributed by atoms with van der Waals surface area (Å²) in [6, 6.07) is 4.42. The Labute approximate surface area is 106 Å². The molecule has 0 bridgehead atoms. The van der Waals surface area contributed by atoms with Gasteiger partial charge in [0.15, 0.2) is 5.78 Å². The van der Waals surface area contributed by atoms with Crippen molar-refractivity contribution in [3.8, 4) is 5.75 Å². The maximum Gasteiger partial charge on any atom is 0.244 e. The average Bonchev–Trinajstić information content (AvgIpc) is 3.11. The molecule has 5 nitrogen and oxygen atoms in total. The topological polar surface area (TPSA) is 72.5 Å². The Morgan fingerprint density at radius 3 is 2.56 bits per heavy atom. The van der Waals surface area contributed by atoms with Crippen LogP contribution in [0.3, 0.4) is 0 Å². The number of sulfonamides is 1. The number of methoxy groups -OCH3 is 1. The number of ketones is 1. The molecule has 98 valence electrons. The molecule has 1 N–H and O–H groups in total. The Bertz CT molecular complexity index is 576. The van der Waals surface area contributed by atoms with Crippen LogP contribution in [0.25, 0.3) is 0 Å². The zero-order chi connectivity index (χ0) is 13.3. The van der Waals surface area contributed by atoms with E-state index < -0.39 is 10.0 Å². The van der Waals surface area contributed by atoms with Gasteiger partial charge in [-0.15, -0.1) is 0 Å². The van der Waals surface area contributed by atoms with Crippen LogP contribution in [-0.4, -0.2) is 27.4 Å². The molecule has 0 heterocycles. The predicted molar refractivity (Wildman–Crippen MR) is 66.3 cm³/mol. The lowest BCUT2D eigenvalue weighted by molar-refractivity contribution is 0.101. The van der Waals surface area contributed by atoms with E-state index in [-0.39, 0.29) is 22.5 Å². The zero-order valence-electron chi connectivity index (χ0n) is 10.3. The van der Waals surface area contributed by atoms with Crippen molar-refractivity contribution in [3.63, 3.8) is 0 Å². The van der Waals surface area contributed by atoms with Crippen LogP contribution in [0.4, 0.5) is 0 Å². The highest BCUT2D eigenvalue weighted by Gasteiger charge is 2.30. The molecule has 2 rings (SSSR count). The van der Waals surface area contributed by atoms with Crippen LogP contribution in [0.2, 0.25) is 0 Å². The van der Waals surface area contributed by atoms with Crippen LogP contribution >= 0.6 is 0 Å². The molecule has 0 aliphatic heterocycles. The Morgan fingerprint density at radius 2 is 2.06 bits per heavy atom. The molecule has 6 heteroatoms. The van der Waals surface area contributed by atoms with Crippen molar-refractivity contribution in [2.75, 3.05) is 7.11 Å². The highest BCUT2D eigenvalue weighted by Crippen LogP contribution is 2.28. The second kappa shape index (κ2) is 4.70. The van der Waals surface area contributed by atoms with Crippen LogP contribution in [0, 0.1) is 0 Å². The number of benzene rings is 1. The lowest BCUT2D eigenvalue weighted by atomic mass is 10.1. The van der Waals surface area contributed by atoms with Crippen LogP contribution < -0.4 is 9.46 Å². The van der Waals surface area contributed by atoms with Crippen molar-refractivity contribution in [2.24, 2.45) is 0 Å². The summed E-state index contributed by atoms with van der Waals surface area (Å²) in [5.74, 6) is 0.0636. The number of rotatable bonds is 5. The van der Waals surface area contributed by atoms with E-state index in [9.17, 15) is 13.2 Å². The number of carbonyl (C=O) groups excluding carboxylic acids is 1. The fraction of sp³-hybridized carbons (Fsp3) is 0.417. The largest absolute Gasteiger partial charge is 0.495 e. The van der Waals surface area contributed by atoms with Crippen LogP contribution in [0.1, 0.15) is 30.1 Å². The summed E-state index contributed by atoms with van der Waals surface area (Å²) >= 11 is 0. The fourth-order valence-electron chi connectivity index (χ4n) is 1.59. The van der Waals surface area contributed by atoms with Crippen molar-refractivity contribution in [1.29, 1.82) is 0 Å². The molecular weight excluding hydrogens is 254 g/mol. The number of hydrogen-bond acceptors (Lipinski definition) is 4. The summed E-state index contributed by atoms with van der Waals surface area (Å²) < 4.78 is 31.9. The summed E-state index contributed by atoms with van der Waals surface area (Å²) in [6.07, 6.45) is 1.71. The third-order valence-corrected chi connectivity index (χ3v) is 4.30. The quantitative estimate of drug-likeness (QED) is 0.819. The van der Waals surface area contributed by atoms with Gasteiger partial charge in [-0.1, -0.05) is 0 Å². The molecule has 0 unspecified atom stereocenters. The summed E-state index contributed by atoms with van der Waals surface area (Å²) in [5, 5.41) is 0. The van der Waals surface area contributed by atoms with Gasteiger partial charge < -0.3 is 4.74 Å². The Hall–Kier alpha value is -1.40. The average molecular weight is 269 g/mol. The van der Waals surface area contributed by atoms with Gasteiger partial charge >= 0.3 is 0 Å². The highest BCUT2D eigenvalue weighted by molar-refractivity contribution is 7.89. The van der Waals surface area contributed by atoms with Gasteiger partial charge in [0.2, 0.25) is 10.0 Å². The molecule has 1 aliphatic carbocycles. The van der Waals surface area contributed by atoms with Crippen molar-refractivity contribution in [2.45, 2.75) is 30.7 Å². The molecule has 0 radical (unpaired) electrons. The Kier molecular flexibility index (Phi) is 3.41. The van der Waals surface area contributed by atoms with Crippen LogP contribution in [-0.2, 0) is 10.0 Å². The van der Waals surface area contributed by atoms with Crippen molar-refractivity contribution in [3.05, 3.63) is 23.8 Å². The fourth-order valence-corrected chi connectivity index (χ4v) is 3.09. The maximum atomic E-state index is 12.1. The normalized spacial score (nSPS) is 15.4. The summed E-state index contributed by atoms with van der Waals surface area (Å²) in [6.45, 7) is 1.40. The smallest absolute Gasteiger partial charge is 0.244 e. The minimum absolute atomic E-state index is 0.0145. The minimum Gasteiger partial charge on any atom is -0.495 e. The van der Waals surface area contributed by atoms with E-state index in [1.165, 1.54) is 26.2 Å². The molecule has 18 heavy (non-hydrogen) atoms. The monoisotopic (exact) mass is 269 g/mol. The molecule has 1 saturated carbocycles. The first-order chi connectivity index (χ1) is 8.44. The van der Waals surface area contributed by atoms with E-state index in [0.29, 0.717) is 5.56 Å². The standard InChI is InChI=1S/C12H15NO4S/c1-8(14)9-3-6-11(17-2)12(7-9)18(15,16)13-10-4-5-10/h3,6-7,10,13H,4-5H2,1-2H3. The van der Waals surface area contributed by atoms with E-state index in [1.807, 2.05) is 0 Å². The van der Waals surface area contributed by atoms with E-state index in [1.54, 1.807) is 6.07 Å². The van der Waals surface area contributed by atoms with E-state index in [4.69, 9.17) is 4.74 Å². The molecular formula is C12H15NO4S. The second-order valence-electron chi connectivity index (χ2n) is 4.32. The van der Waals surface area contributed by atoms with Gasteiger partial charge in [-0.3, -0.25) is 4.79 Å². The molecule has 0 atom stereocenters. The number of ether oxygens (including phenoxy) is 1.